The Bertz CT molecular complexity index is 392. The lowest BCUT2D eigenvalue weighted by atomic mass is 9.80. The minimum absolute atomic E-state index is 0.388. The number of primary amides is 1. The van der Waals surface area contributed by atoms with E-state index in [1.165, 1.54) is 11.1 Å². The monoisotopic (exact) mass is 263 g/mol. The second kappa shape index (κ2) is 7.77. The van der Waals surface area contributed by atoms with Crippen LogP contribution in [0.3, 0.4) is 0 Å². The van der Waals surface area contributed by atoms with Crippen LogP contribution in [0.15, 0.2) is 28.4 Å². The van der Waals surface area contributed by atoms with Crippen molar-refractivity contribution in [1.82, 2.24) is 5.43 Å². The summed E-state index contributed by atoms with van der Waals surface area (Å²) in [5.74, 6) is 0.948. The molecule has 106 valence electrons. The van der Waals surface area contributed by atoms with Crippen molar-refractivity contribution in [1.29, 1.82) is 0 Å². The fraction of sp³-hybridized carbons (Fsp3) is 0.600. The van der Waals surface area contributed by atoms with Crippen LogP contribution in [-0.4, -0.2) is 12.2 Å². The summed E-state index contributed by atoms with van der Waals surface area (Å²) < 4.78 is 0. The van der Waals surface area contributed by atoms with E-state index in [0.29, 0.717) is 11.8 Å². The molecule has 0 saturated heterocycles. The summed E-state index contributed by atoms with van der Waals surface area (Å²) in [7, 11) is 0. The normalized spacial score (nSPS) is 23.0. The number of hydrazone groups is 1. The van der Waals surface area contributed by atoms with E-state index in [4.69, 9.17) is 5.73 Å². The lowest BCUT2D eigenvalue weighted by molar-refractivity contribution is 0.249. The number of amides is 2. The summed E-state index contributed by atoms with van der Waals surface area (Å²) in [4.78, 5) is 10.5. The van der Waals surface area contributed by atoms with Crippen molar-refractivity contribution in [3.05, 3.63) is 23.3 Å². The van der Waals surface area contributed by atoms with Crippen molar-refractivity contribution < 1.29 is 4.79 Å². The molecule has 0 aromatic rings. The summed E-state index contributed by atoms with van der Waals surface area (Å²) in [6.45, 7) is 6.50. The molecule has 0 aliphatic heterocycles. The van der Waals surface area contributed by atoms with Crippen molar-refractivity contribution in [3.63, 3.8) is 0 Å². The van der Waals surface area contributed by atoms with Gasteiger partial charge in [0.05, 0.1) is 0 Å². The first kappa shape index (κ1) is 15.5. The Balaban J connectivity index is 2.43. The Kier molecular flexibility index (Phi) is 6.33. The first-order valence-electron chi connectivity index (χ1n) is 6.89. The number of allylic oxidation sites excluding steroid dienone is 4. The van der Waals surface area contributed by atoms with Crippen molar-refractivity contribution in [3.8, 4) is 0 Å². The van der Waals surface area contributed by atoms with Gasteiger partial charge in [0.2, 0.25) is 0 Å². The molecule has 2 amide bonds. The number of rotatable bonds is 5. The van der Waals surface area contributed by atoms with Crippen LogP contribution < -0.4 is 11.2 Å². The lowest BCUT2D eigenvalue weighted by Gasteiger charge is -2.25. The first-order valence-corrected chi connectivity index (χ1v) is 6.89. The second-order valence-corrected chi connectivity index (χ2v) is 5.52. The highest BCUT2D eigenvalue weighted by atomic mass is 16.2. The molecule has 1 rings (SSSR count). The number of carbonyl (C=O) groups excluding carboxylic acids is 1. The lowest BCUT2D eigenvalue weighted by Crippen LogP contribution is -2.26. The zero-order chi connectivity index (χ0) is 14.3. The van der Waals surface area contributed by atoms with E-state index in [1.807, 2.05) is 0 Å². The van der Waals surface area contributed by atoms with Crippen LogP contribution in [0.25, 0.3) is 0 Å². The SMILES string of the molecule is CC(C)=CCCC1=CCC(C=NNC(N)=O)C(C)C1. The van der Waals surface area contributed by atoms with Gasteiger partial charge < -0.3 is 5.73 Å². The maximum Gasteiger partial charge on any atom is 0.332 e. The number of nitrogens with one attached hydrogen (secondary N) is 1. The van der Waals surface area contributed by atoms with Gasteiger partial charge in [0.25, 0.3) is 0 Å². The molecular weight excluding hydrogens is 238 g/mol. The minimum atomic E-state index is -0.613. The van der Waals surface area contributed by atoms with Gasteiger partial charge in [0.15, 0.2) is 0 Å². The molecule has 2 unspecified atom stereocenters. The largest absolute Gasteiger partial charge is 0.350 e. The zero-order valence-corrected chi connectivity index (χ0v) is 12.1. The molecule has 2 atom stereocenters. The van der Waals surface area contributed by atoms with Crippen molar-refractivity contribution in [2.24, 2.45) is 22.7 Å². The molecule has 19 heavy (non-hydrogen) atoms. The molecule has 0 radical (unpaired) electrons. The van der Waals surface area contributed by atoms with E-state index in [-0.39, 0.29) is 0 Å². The summed E-state index contributed by atoms with van der Waals surface area (Å²) in [6, 6.07) is -0.613. The predicted octanol–water partition coefficient (Wildman–Crippen LogP) is 3.36. The number of nitrogens with two attached hydrogens (primary N) is 1. The number of hydrogen-bond donors (Lipinski definition) is 2. The Morgan fingerprint density at radius 3 is 2.89 bits per heavy atom. The Morgan fingerprint density at radius 2 is 2.32 bits per heavy atom. The average molecular weight is 263 g/mol. The molecule has 0 heterocycles. The smallest absolute Gasteiger partial charge is 0.332 e. The van der Waals surface area contributed by atoms with Crippen LogP contribution in [-0.2, 0) is 0 Å². The fourth-order valence-electron chi connectivity index (χ4n) is 2.34. The van der Waals surface area contributed by atoms with Gasteiger partial charge in [-0.05, 0) is 45.4 Å². The van der Waals surface area contributed by atoms with Crippen LogP contribution in [0.2, 0.25) is 0 Å². The highest BCUT2D eigenvalue weighted by molar-refractivity contribution is 5.73. The molecule has 0 spiro atoms. The molecule has 3 N–H and O–H groups in total. The third-order valence-electron chi connectivity index (χ3n) is 3.45. The molecule has 1 aliphatic carbocycles. The first-order chi connectivity index (χ1) is 8.99. The van der Waals surface area contributed by atoms with Gasteiger partial charge >= 0.3 is 6.03 Å². The minimum Gasteiger partial charge on any atom is -0.350 e. The van der Waals surface area contributed by atoms with Gasteiger partial charge in [0.1, 0.15) is 0 Å². The molecule has 0 aromatic heterocycles. The third-order valence-corrected chi connectivity index (χ3v) is 3.45. The molecular formula is C15H25N3O. The number of carbonyl (C=O) groups is 1. The van der Waals surface area contributed by atoms with Gasteiger partial charge in [-0.1, -0.05) is 30.2 Å². The van der Waals surface area contributed by atoms with Gasteiger partial charge in [-0.3, -0.25) is 0 Å². The average Bonchev–Trinajstić information content (AvgIpc) is 2.31. The quantitative estimate of drug-likeness (QED) is 0.446. The highest BCUT2D eigenvalue weighted by Gasteiger charge is 2.20. The van der Waals surface area contributed by atoms with Crippen LogP contribution in [0.4, 0.5) is 4.79 Å². The number of nitrogens with zero attached hydrogens (tertiary/aromatic N) is 1. The van der Waals surface area contributed by atoms with Gasteiger partial charge in [-0.2, -0.15) is 5.10 Å². The topological polar surface area (TPSA) is 67.5 Å². The Hall–Kier alpha value is -1.58. The number of urea groups is 1. The maximum atomic E-state index is 10.5. The third kappa shape index (κ3) is 6.22. The summed E-state index contributed by atoms with van der Waals surface area (Å²) >= 11 is 0. The standard InChI is InChI=1S/C15H25N3O/c1-11(2)5-4-6-13-7-8-14(12(3)9-13)10-17-18-15(16)19/h5,7,10,12,14H,4,6,8-9H2,1-3H3,(H3,16,18,19). The van der Waals surface area contributed by atoms with E-state index in [0.717, 1.165) is 25.7 Å². The van der Waals surface area contributed by atoms with E-state index >= 15 is 0 Å². The fourth-order valence-corrected chi connectivity index (χ4v) is 2.34. The summed E-state index contributed by atoms with van der Waals surface area (Å²) in [6.07, 6.45) is 10.8. The molecule has 1 aliphatic rings. The second-order valence-electron chi connectivity index (χ2n) is 5.52. The van der Waals surface area contributed by atoms with Crippen LogP contribution in [0.1, 0.15) is 46.5 Å². The molecule has 0 saturated carbocycles. The Labute approximate surface area is 115 Å². The van der Waals surface area contributed by atoms with Gasteiger partial charge in [0, 0.05) is 12.1 Å². The molecule has 4 nitrogen and oxygen atoms in total. The van der Waals surface area contributed by atoms with E-state index in [9.17, 15) is 4.79 Å². The van der Waals surface area contributed by atoms with Gasteiger partial charge in [-0.25, -0.2) is 10.2 Å². The van der Waals surface area contributed by atoms with E-state index < -0.39 is 6.03 Å². The predicted molar refractivity (Wildman–Crippen MR) is 79.8 cm³/mol. The van der Waals surface area contributed by atoms with Crippen LogP contribution >= 0.6 is 0 Å². The maximum absolute atomic E-state index is 10.5. The van der Waals surface area contributed by atoms with E-state index in [2.05, 4.69) is 43.5 Å². The number of hydrogen-bond acceptors (Lipinski definition) is 2. The van der Waals surface area contributed by atoms with Crippen LogP contribution in [0.5, 0.6) is 0 Å². The van der Waals surface area contributed by atoms with E-state index in [1.54, 1.807) is 6.21 Å². The molecule has 0 fully saturated rings. The summed E-state index contributed by atoms with van der Waals surface area (Å²) in [5.41, 5.74) is 10.1. The highest BCUT2D eigenvalue weighted by Crippen LogP contribution is 2.30. The van der Waals surface area contributed by atoms with Crippen LogP contribution in [0, 0.1) is 11.8 Å². The van der Waals surface area contributed by atoms with Crippen molar-refractivity contribution in [2.75, 3.05) is 0 Å². The Morgan fingerprint density at radius 1 is 1.58 bits per heavy atom. The molecule has 4 heteroatoms. The molecule has 0 aromatic carbocycles. The zero-order valence-electron chi connectivity index (χ0n) is 12.1. The molecule has 0 bridgehead atoms. The van der Waals surface area contributed by atoms with Gasteiger partial charge in [-0.15, -0.1) is 0 Å². The summed E-state index contributed by atoms with van der Waals surface area (Å²) in [5, 5.41) is 3.87. The van der Waals surface area contributed by atoms with Crippen molar-refractivity contribution >= 4 is 12.2 Å². The van der Waals surface area contributed by atoms with Crippen molar-refractivity contribution in [2.45, 2.75) is 46.5 Å².